The van der Waals surface area contributed by atoms with E-state index in [2.05, 4.69) is 0 Å². The highest BCUT2D eigenvalue weighted by Gasteiger charge is 2.17. The quantitative estimate of drug-likeness (QED) is 0.732. The molecule has 0 fully saturated rings. The number of carbonyl (C=O) groups is 1. The molecule has 84 valence electrons. The summed E-state index contributed by atoms with van der Waals surface area (Å²) in [6.45, 7) is 0. The van der Waals surface area contributed by atoms with Gasteiger partial charge in [0.2, 0.25) is 0 Å². The second-order valence-corrected chi connectivity index (χ2v) is 3.68. The molecular formula is C13H9NO3. The fourth-order valence-corrected chi connectivity index (χ4v) is 1.94. The van der Waals surface area contributed by atoms with Crippen molar-refractivity contribution < 1.29 is 14.3 Å². The number of para-hydroxylation sites is 1. The van der Waals surface area contributed by atoms with Crippen LogP contribution in [0.15, 0.2) is 53.1 Å². The minimum atomic E-state index is -0.972. The molecule has 0 radical (unpaired) electrons. The van der Waals surface area contributed by atoms with Gasteiger partial charge in [0.25, 0.3) is 0 Å². The van der Waals surface area contributed by atoms with E-state index in [1.165, 1.54) is 6.07 Å². The van der Waals surface area contributed by atoms with Crippen LogP contribution < -0.4 is 0 Å². The number of aromatic carboxylic acids is 1. The third kappa shape index (κ3) is 1.42. The maximum Gasteiger partial charge on any atom is 0.353 e. The van der Waals surface area contributed by atoms with Gasteiger partial charge in [0, 0.05) is 17.8 Å². The van der Waals surface area contributed by atoms with E-state index in [0.717, 1.165) is 11.2 Å². The van der Waals surface area contributed by atoms with Gasteiger partial charge < -0.3 is 14.1 Å². The van der Waals surface area contributed by atoms with Crippen molar-refractivity contribution in [2.75, 3.05) is 0 Å². The van der Waals surface area contributed by atoms with Crippen LogP contribution in [0.1, 0.15) is 10.5 Å². The lowest BCUT2D eigenvalue weighted by atomic mass is 10.3. The minimum Gasteiger partial charge on any atom is -0.477 e. The highest BCUT2D eigenvalue weighted by Crippen LogP contribution is 2.25. The molecule has 0 aliphatic carbocycles. The number of aromatic nitrogens is 1. The third-order valence-electron chi connectivity index (χ3n) is 2.66. The topological polar surface area (TPSA) is 55.4 Å². The van der Waals surface area contributed by atoms with Crippen LogP contribution in [-0.2, 0) is 0 Å². The fourth-order valence-electron chi connectivity index (χ4n) is 1.94. The lowest BCUT2D eigenvalue weighted by Crippen LogP contribution is -2.05. The Kier molecular flexibility index (Phi) is 2.01. The Hall–Kier alpha value is -2.49. The van der Waals surface area contributed by atoms with Crippen molar-refractivity contribution in [2.45, 2.75) is 0 Å². The van der Waals surface area contributed by atoms with E-state index in [9.17, 15) is 9.90 Å². The number of carboxylic acids is 1. The molecule has 0 amide bonds. The number of hydrogen-bond donors (Lipinski definition) is 1. The van der Waals surface area contributed by atoms with Crippen LogP contribution in [0.4, 0.5) is 0 Å². The zero-order valence-electron chi connectivity index (χ0n) is 8.83. The van der Waals surface area contributed by atoms with Crippen molar-refractivity contribution in [2.24, 2.45) is 0 Å². The van der Waals surface area contributed by atoms with Gasteiger partial charge in [-0.15, -0.1) is 0 Å². The molecule has 0 spiro atoms. The molecule has 2 heterocycles. The molecule has 1 N–H and O–H groups in total. The SMILES string of the molecule is O=C(O)c1cc2occc2n1-c1ccccc1. The highest BCUT2D eigenvalue weighted by atomic mass is 16.4. The Morgan fingerprint density at radius 1 is 1.18 bits per heavy atom. The van der Waals surface area contributed by atoms with Crippen LogP contribution in [0.2, 0.25) is 0 Å². The molecule has 17 heavy (non-hydrogen) atoms. The van der Waals surface area contributed by atoms with Crippen molar-refractivity contribution in [1.29, 1.82) is 0 Å². The third-order valence-corrected chi connectivity index (χ3v) is 2.66. The average Bonchev–Trinajstić information content (AvgIpc) is 2.89. The van der Waals surface area contributed by atoms with Gasteiger partial charge in [-0.3, -0.25) is 0 Å². The van der Waals surface area contributed by atoms with E-state index < -0.39 is 5.97 Å². The number of benzene rings is 1. The fraction of sp³-hybridized carbons (Fsp3) is 0. The van der Waals surface area contributed by atoms with Gasteiger partial charge in [0.05, 0.1) is 11.8 Å². The summed E-state index contributed by atoms with van der Waals surface area (Å²) < 4.78 is 6.89. The number of hydrogen-bond acceptors (Lipinski definition) is 2. The molecule has 0 saturated heterocycles. The molecule has 0 unspecified atom stereocenters. The summed E-state index contributed by atoms with van der Waals surface area (Å²) in [5.41, 5.74) is 2.34. The summed E-state index contributed by atoms with van der Waals surface area (Å²) in [4.78, 5) is 11.2. The number of nitrogens with zero attached hydrogens (tertiary/aromatic N) is 1. The summed E-state index contributed by atoms with van der Waals surface area (Å²) in [6.07, 6.45) is 1.55. The molecule has 0 bridgehead atoms. The molecule has 3 aromatic rings. The molecule has 3 rings (SSSR count). The zero-order chi connectivity index (χ0) is 11.8. The van der Waals surface area contributed by atoms with Gasteiger partial charge >= 0.3 is 5.97 Å². The maximum absolute atomic E-state index is 11.2. The Morgan fingerprint density at radius 2 is 1.94 bits per heavy atom. The van der Waals surface area contributed by atoms with E-state index >= 15 is 0 Å². The van der Waals surface area contributed by atoms with Crippen LogP contribution >= 0.6 is 0 Å². The number of fused-ring (bicyclic) bond motifs is 1. The van der Waals surface area contributed by atoms with E-state index in [-0.39, 0.29) is 5.69 Å². The van der Waals surface area contributed by atoms with Crippen molar-refractivity contribution in [1.82, 2.24) is 4.57 Å². The number of carboxylic acid groups (broad SMARTS) is 1. The summed E-state index contributed by atoms with van der Waals surface area (Å²) >= 11 is 0. The largest absolute Gasteiger partial charge is 0.477 e. The van der Waals surface area contributed by atoms with Gasteiger partial charge in [0.1, 0.15) is 5.69 Å². The van der Waals surface area contributed by atoms with Crippen LogP contribution in [0.25, 0.3) is 16.8 Å². The maximum atomic E-state index is 11.2. The molecule has 0 saturated carbocycles. The zero-order valence-corrected chi connectivity index (χ0v) is 8.83. The Labute approximate surface area is 96.7 Å². The molecular weight excluding hydrogens is 218 g/mol. The van der Waals surface area contributed by atoms with Crippen molar-refractivity contribution in [3.05, 3.63) is 54.4 Å². The summed E-state index contributed by atoms with van der Waals surface area (Å²) in [6, 6.07) is 12.6. The average molecular weight is 227 g/mol. The number of furan rings is 1. The van der Waals surface area contributed by atoms with Gasteiger partial charge in [-0.25, -0.2) is 4.79 Å². The molecule has 1 aromatic carbocycles. The smallest absolute Gasteiger partial charge is 0.353 e. The molecule has 0 aliphatic rings. The monoisotopic (exact) mass is 227 g/mol. The van der Waals surface area contributed by atoms with Gasteiger partial charge in [-0.05, 0) is 12.1 Å². The van der Waals surface area contributed by atoms with Crippen molar-refractivity contribution in [3.8, 4) is 5.69 Å². The van der Waals surface area contributed by atoms with Crippen molar-refractivity contribution >= 4 is 17.1 Å². The summed E-state index contributed by atoms with van der Waals surface area (Å²) in [7, 11) is 0. The number of rotatable bonds is 2. The first kappa shape index (κ1) is 9.72. The van der Waals surface area contributed by atoms with Crippen LogP contribution in [0.5, 0.6) is 0 Å². The van der Waals surface area contributed by atoms with Crippen LogP contribution in [0, 0.1) is 0 Å². The van der Waals surface area contributed by atoms with E-state index in [0.29, 0.717) is 5.58 Å². The minimum absolute atomic E-state index is 0.200. The Bertz CT molecular complexity index is 679. The molecule has 4 nitrogen and oxygen atoms in total. The lowest BCUT2D eigenvalue weighted by molar-refractivity contribution is 0.0688. The Morgan fingerprint density at radius 3 is 2.65 bits per heavy atom. The van der Waals surface area contributed by atoms with E-state index in [4.69, 9.17) is 4.42 Å². The van der Waals surface area contributed by atoms with Crippen LogP contribution in [0.3, 0.4) is 0 Å². The first-order valence-electron chi connectivity index (χ1n) is 5.15. The van der Waals surface area contributed by atoms with Gasteiger partial charge in [-0.2, -0.15) is 0 Å². The second kappa shape index (κ2) is 3.52. The van der Waals surface area contributed by atoms with Crippen molar-refractivity contribution in [3.63, 3.8) is 0 Å². The summed E-state index contributed by atoms with van der Waals surface area (Å²) in [5.74, 6) is -0.972. The molecule has 2 aromatic heterocycles. The predicted molar refractivity (Wildman–Crippen MR) is 62.5 cm³/mol. The highest BCUT2D eigenvalue weighted by molar-refractivity contribution is 5.94. The first-order chi connectivity index (χ1) is 8.27. The van der Waals surface area contributed by atoms with E-state index in [1.54, 1.807) is 16.9 Å². The molecule has 0 aliphatic heterocycles. The molecule has 0 atom stereocenters. The summed E-state index contributed by atoms with van der Waals surface area (Å²) in [5, 5.41) is 9.18. The van der Waals surface area contributed by atoms with Gasteiger partial charge in [0.15, 0.2) is 5.58 Å². The standard InChI is InChI=1S/C13H9NO3/c15-13(16)11-8-12-10(6-7-17-12)14(11)9-4-2-1-3-5-9/h1-8H,(H,15,16). The Balaban J connectivity index is 2.36. The normalized spacial score (nSPS) is 10.8. The lowest BCUT2D eigenvalue weighted by Gasteiger charge is -2.06. The predicted octanol–water partition coefficient (Wildman–Crippen LogP) is 2.92. The first-order valence-corrected chi connectivity index (χ1v) is 5.15. The van der Waals surface area contributed by atoms with E-state index in [1.807, 2.05) is 30.3 Å². The van der Waals surface area contributed by atoms with Gasteiger partial charge in [-0.1, -0.05) is 18.2 Å². The molecule has 4 heteroatoms. The van der Waals surface area contributed by atoms with Crippen LogP contribution in [-0.4, -0.2) is 15.6 Å². The second-order valence-electron chi connectivity index (χ2n) is 3.68.